The van der Waals surface area contributed by atoms with E-state index in [-0.39, 0.29) is 0 Å². The molecule has 1 saturated heterocycles. The van der Waals surface area contributed by atoms with E-state index < -0.39 is 0 Å². The van der Waals surface area contributed by atoms with E-state index in [1.807, 2.05) is 0 Å². The van der Waals surface area contributed by atoms with E-state index in [4.69, 9.17) is 4.74 Å². The third kappa shape index (κ3) is 2.76. The van der Waals surface area contributed by atoms with Crippen LogP contribution in [0.5, 0.6) is 5.75 Å². The van der Waals surface area contributed by atoms with Crippen molar-refractivity contribution in [2.24, 2.45) is 0 Å². The third-order valence-corrected chi connectivity index (χ3v) is 3.43. The Bertz CT molecular complexity index is 343. The lowest BCUT2D eigenvalue weighted by Crippen LogP contribution is -2.35. The summed E-state index contributed by atoms with van der Waals surface area (Å²) in [6.45, 7) is 3.35. The maximum atomic E-state index is 5.22. The van der Waals surface area contributed by atoms with Gasteiger partial charge in [0.1, 0.15) is 5.75 Å². The van der Waals surface area contributed by atoms with E-state index in [0.29, 0.717) is 6.04 Å². The van der Waals surface area contributed by atoms with Gasteiger partial charge >= 0.3 is 0 Å². The van der Waals surface area contributed by atoms with Gasteiger partial charge in [-0.05, 0) is 56.0 Å². The molecule has 1 heterocycles. The molecule has 1 aliphatic rings. The second kappa shape index (κ2) is 5.35. The monoisotopic (exact) mass is 219 g/mol. The number of benzene rings is 1. The number of hydrogen-bond donors (Lipinski definition) is 1. The predicted molar refractivity (Wildman–Crippen MR) is 67.1 cm³/mol. The second-order valence-electron chi connectivity index (χ2n) is 4.64. The zero-order valence-electron chi connectivity index (χ0n) is 10.3. The van der Waals surface area contributed by atoms with Crippen molar-refractivity contribution < 1.29 is 4.74 Å². The van der Waals surface area contributed by atoms with Crippen molar-refractivity contribution in [3.63, 3.8) is 0 Å². The Labute approximate surface area is 98.0 Å². The van der Waals surface area contributed by atoms with Crippen molar-refractivity contribution in [3.05, 3.63) is 29.3 Å². The van der Waals surface area contributed by atoms with E-state index in [2.05, 4.69) is 30.4 Å². The quantitative estimate of drug-likeness (QED) is 0.844. The number of aryl methyl sites for hydroxylation is 1. The molecule has 2 rings (SSSR count). The molecule has 1 aliphatic heterocycles. The fourth-order valence-electron chi connectivity index (χ4n) is 2.39. The van der Waals surface area contributed by atoms with Crippen LogP contribution >= 0.6 is 0 Å². The van der Waals surface area contributed by atoms with Crippen molar-refractivity contribution in [3.8, 4) is 5.75 Å². The van der Waals surface area contributed by atoms with E-state index in [1.54, 1.807) is 7.11 Å². The van der Waals surface area contributed by atoms with Crippen LogP contribution in [0.3, 0.4) is 0 Å². The van der Waals surface area contributed by atoms with Gasteiger partial charge < -0.3 is 10.1 Å². The van der Waals surface area contributed by atoms with Gasteiger partial charge in [-0.25, -0.2) is 0 Å². The van der Waals surface area contributed by atoms with Gasteiger partial charge in [0.05, 0.1) is 7.11 Å². The zero-order chi connectivity index (χ0) is 11.4. The highest BCUT2D eigenvalue weighted by atomic mass is 16.5. The summed E-state index contributed by atoms with van der Waals surface area (Å²) in [4.78, 5) is 0. The lowest BCUT2D eigenvalue weighted by atomic mass is 9.95. The number of methoxy groups -OCH3 is 1. The summed E-state index contributed by atoms with van der Waals surface area (Å²) >= 11 is 0. The van der Waals surface area contributed by atoms with Crippen LogP contribution in [0.15, 0.2) is 18.2 Å². The van der Waals surface area contributed by atoms with Gasteiger partial charge in [0, 0.05) is 6.04 Å². The van der Waals surface area contributed by atoms with E-state index in [1.165, 1.54) is 36.9 Å². The molecule has 1 N–H and O–H groups in total. The molecular weight excluding hydrogens is 198 g/mol. The molecule has 0 aliphatic carbocycles. The summed E-state index contributed by atoms with van der Waals surface area (Å²) in [5.74, 6) is 0.956. The van der Waals surface area contributed by atoms with Gasteiger partial charge in [0.25, 0.3) is 0 Å². The Balaban J connectivity index is 2.03. The third-order valence-electron chi connectivity index (χ3n) is 3.43. The molecule has 1 fully saturated rings. The van der Waals surface area contributed by atoms with Crippen molar-refractivity contribution in [2.75, 3.05) is 13.7 Å². The molecule has 1 aromatic rings. The highest BCUT2D eigenvalue weighted by Crippen LogP contribution is 2.20. The molecule has 2 heteroatoms. The van der Waals surface area contributed by atoms with Crippen molar-refractivity contribution in [2.45, 2.75) is 38.6 Å². The Morgan fingerprint density at radius 1 is 1.38 bits per heavy atom. The number of rotatable bonds is 3. The first kappa shape index (κ1) is 11.5. The maximum Gasteiger partial charge on any atom is 0.119 e. The Hall–Kier alpha value is -1.02. The van der Waals surface area contributed by atoms with Crippen LogP contribution in [-0.2, 0) is 6.42 Å². The molecule has 1 atom stereocenters. The minimum atomic E-state index is 0.667. The second-order valence-corrected chi connectivity index (χ2v) is 4.64. The number of hydrogen-bond acceptors (Lipinski definition) is 2. The molecule has 0 radical (unpaired) electrons. The largest absolute Gasteiger partial charge is 0.497 e. The molecule has 0 bridgehead atoms. The molecule has 1 aromatic carbocycles. The molecular formula is C14H21NO. The molecule has 0 aromatic heterocycles. The van der Waals surface area contributed by atoms with Crippen molar-refractivity contribution in [1.29, 1.82) is 0 Å². The average Bonchev–Trinajstić information content (AvgIpc) is 2.33. The maximum absolute atomic E-state index is 5.22. The van der Waals surface area contributed by atoms with Gasteiger partial charge in [0.2, 0.25) is 0 Å². The van der Waals surface area contributed by atoms with Crippen LogP contribution in [-0.4, -0.2) is 19.7 Å². The molecule has 0 amide bonds. The summed E-state index contributed by atoms with van der Waals surface area (Å²) in [7, 11) is 1.72. The summed E-state index contributed by atoms with van der Waals surface area (Å²) < 4.78 is 5.22. The standard InChI is InChI=1S/C14H21NO/c1-11-9-14(16-2)7-6-12(11)10-13-5-3-4-8-15-13/h6-7,9,13,15H,3-5,8,10H2,1-2H3. The highest BCUT2D eigenvalue weighted by Gasteiger charge is 2.13. The van der Waals surface area contributed by atoms with E-state index >= 15 is 0 Å². The Kier molecular flexibility index (Phi) is 3.83. The number of ether oxygens (including phenoxy) is 1. The first-order valence-corrected chi connectivity index (χ1v) is 6.16. The topological polar surface area (TPSA) is 21.3 Å². The van der Waals surface area contributed by atoms with Gasteiger partial charge in [-0.15, -0.1) is 0 Å². The average molecular weight is 219 g/mol. The summed E-state index contributed by atoms with van der Waals surface area (Å²) in [6.07, 6.45) is 5.16. The molecule has 0 spiro atoms. The lowest BCUT2D eigenvalue weighted by Gasteiger charge is -2.24. The fourth-order valence-corrected chi connectivity index (χ4v) is 2.39. The Morgan fingerprint density at radius 2 is 2.25 bits per heavy atom. The molecule has 16 heavy (non-hydrogen) atoms. The van der Waals surface area contributed by atoms with Gasteiger partial charge in [-0.2, -0.15) is 0 Å². The van der Waals surface area contributed by atoms with Crippen LogP contribution < -0.4 is 10.1 Å². The zero-order valence-corrected chi connectivity index (χ0v) is 10.3. The highest BCUT2D eigenvalue weighted by molar-refractivity contribution is 5.35. The number of nitrogens with one attached hydrogen (secondary N) is 1. The SMILES string of the molecule is COc1ccc(CC2CCCCN2)c(C)c1. The van der Waals surface area contributed by atoms with E-state index in [0.717, 1.165) is 12.2 Å². The minimum Gasteiger partial charge on any atom is -0.497 e. The minimum absolute atomic E-state index is 0.667. The predicted octanol–water partition coefficient (Wildman–Crippen LogP) is 2.69. The first-order valence-electron chi connectivity index (χ1n) is 6.16. The van der Waals surface area contributed by atoms with Crippen molar-refractivity contribution >= 4 is 0 Å². The summed E-state index contributed by atoms with van der Waals surface area (Å²) in [5, 5.41) is 3.59. The fraction of sp³-hybridized carbons (Fsp3) is 0.571. The molecule has 2 nitrogen and oxygen atoms in total. The van der Waals surface area contributed by atoms with Gasteiger partial charge in [0.15, 0.2) is 0 Å². The lowest BCUT2D eigenvalue weighted by molar-refractivity contribution is 0.397. The first-order chi connectivity index (χ1) is 7.79. The number of piperidine rings is 1. The van der Waals surface area contributed by atoms with Crippen LogP contribution in [0, 0.1) is 6.92 Å². The smallest absolute Gasteiger partial charge is 0.119 e. The molecule has 88 valence electrons. The molecule has 0 saturated carbocycles. The van der Waals surface area contributed by atoms with Crippen LogP contribution in [0.2, 0.25) is 0 Å². The molecule has 1 unspecified atom stereocenters. The van der Waals surface area contributed by atoms with E-state index in [9.17, 15) is 0 Å². The van der Waals surface area contributed by atoms with Crippen LogP contribution in [0.25, 0.3) is 0 Å². The summed E-state index contributed by atoms with van der Waals surface area (Å²) in [6, 6.07) is 7.05. The van der Waals surface area contributed by atoms with Crippen LogP contribution in [0.1, 0.15) is 30.4 Å². The van der Waals surface area contributed by atoms with Crippen LogP contribution in [0.4, 0.5) is 0 Å². The Morgan fingerprint density at radius 3 is 2.88 bits per heavy atom. The van der Waals surface area contributed by atoms with Gasteiger partial charge in [-0.3, -0.25) is 0 Å². The van der Waals surface area contributed by atoms with Gasteiger partial charge in [-0.1, -0.05) is 12.5 Å². The normalized spacial score (nSPS) is 20.8. The summed E-state index contributed by atoms with van der Waals surface area (Å²) in [5.41, 5.74) is 2.78. The van der Waals surface area contributed by atoms with Crippen molar-refractivity contribution in [1.82, 2.24) is 5.32 Å².